The first-order valence-corrected chi connectivity index (χ1v) is 9.59. The fraction of sp³-hybridized carbons (Fsp3) is 0.500. The van der Waals surface area contributed by atoms with Crippen LogP contribution in [0.4, 0.5) is 0 Å². The standard InChI is InChI=1S/C20H27ClN4O/c1-23(11-9-17-13-22-24(2)14-17)19-7-8-20(26)25(12-10-19)15-16-3-5-18(21)6-4-16/h3-6,13-14,19H,7-12,15H2,1-2H3. The van der Waals surface area contributed by atoms with Gasteiger partial charge < -0.3 is 9.80 Å². The molecule has 26 heavy (non-hydrogen) atoms. The maximum Gasteiger partial charge on any atom is 0.222 e. The van der Waals surface area contributed by atoms with Gasteiger partial charge in [0.15, 0.2) is 0 Å². The third-order valence-electron chi connectivity index (χ3n) is 5.20. The van der Waals surface area contributed by atoms with E-state index in [0.29, 0.717) is 19.0 Å². The molecule has 0 aliphatic carbocycles. The van der Waals surface area contributed by atoms with Crippen LogP contribution >= 0.6 is 11.6 Å². The van der Waals surface area contributed by atoms with Crippen LogP contribution in [0.2, 0.25) is 5.02 Å². The molecule has 1 aliphatic heterocycles. The highest BCUT2D eigenvalue weighted by molar-refractivity contribution is 6.30. The Morgan fingerprint density at radius 2 is 2.00 bits per heavy atom. The van der Waals surface area contributed by atoms with Gasteiger partial charge in [-0.2, -0.15) is 5.10 Å². The van der Waals surface area contributed by atoms with Crippen molar-refractivity contribution < 1.29 is 4.79 Å². The predicted octanol–water partition coefficient (Wildman–Crippen LogP) is 3.13. The molecule has 5 nitrogen and oxygen atoms in total. The highest BCUT2D eigenvalue weighted by atomic mass is 35.5. The van der Waals surface area contributed by atoms with Crippen molar-refractivity contribution in [2.24, 2.45) is 7.05 Å². The molecule has 1 saturated heterocycles. The Labute approximate surface area is 160 Å². The molecule has 1 amide bonds. The maximum absolute atomic E-state index is 12.5. The minimum absolute atomic E-state index is 0.253. The van der Waals surface area contributed by atoms with E-state index in [2.05, 4.69) is 23.2 Å². The molecule has 0 N–H and O–H groups in total. The summed E-state index contributed by atoms with van der Waals surface area (Å²) in [4.78, 5) is 16.9. The summed E-state index contributed by atoms with van der Waals surface area (Å²) in [6.07, 6.45) is 7.55. The lowest BCUT2D eigenvalue weighted by atomic mass is 10.1. The van der Waals surface area contributed by atoms with Crippen LogP contribution in [0.1, 0.15) is 30.4 Å². The van der Waals surface area contributed by atoms with Gasteiger partial charge in [-0.3, -0.25) is 9.48 Å². The van der Waals surface area contributed by atoms with E-state index in [0.717, 1.165) is 42.9 Å². The first-order valence-electron chi connectivity index (χ1n) is 9.21. The van der Waals surface area contributed by atoms with Gasteiger partial charge in [0.2, 0.25) is 5.91 Å². The quantitative estimate of drug-likeness (QED) is 0.780. The number of halogens is 1. The first-order chi connectivity index (χ1) is 12.5. The van der Waals surface area contributed by atoms with Crippen molar-refractivity contribution >= 4 is 17.5 Å². The van der Waals surface area contributed by atoms with E-state index in [1.807, 2.05) is 47.1 Å². The van der Waals surface area contributed by atoms with Crippen molar-refractivity contribution in [2.75, 3.05) is 20.1 Å². The van der Waals surface area contributed by atoms with Crippen LogP contribution in [-0.4, -0.2) is 51.7 Å². The van der Waals surface area contributed by atoms with Gasteiger partial charge in [-0.05, 0) is 49.6 Å². The SMILES string of the molecule is CN(CCc1cnn(C)c1)C1CCC(=O)N(Cc2ccc(Cl)cc2)CC1. The summed E-state index contributed by atoms with van der Waals surface area (Å²) in [5, 5.41) is 4.95. The van der Waals surface area contributed by atoms with E-state index in [-0.39, 0.29) is 5.91 Å². The fourth-order valence-electron chi connectivity index (χ4n) is 3.53. The molecular formula is C20H27ClN4O. The van der Waals surface area contributed by atoms with Crippen molar-refractivity contribution in [3.8, 4) is 0 Å². The van der Waals surface area contributed by atoms with Crippen LogP contribution in [-0.2, 0) is 24.8 Å². The normalized spacial score (nSPS) is 18.4. The summed E-state index contributed by atoms with van der Waals surface area (Å²) in [7, 11) is 4.11. The Hall–Kier alpha value is -1.85. The summed E-state index contributed by atoms with van der Waals surface area (Å²) >= 11 is 5.95. The largest absolute Gasteiger partial charge is 0.338 e. The molecule has 1 aromatic carbocycles. The summed E-state index contributed by atoms with van der Waals surface area (Å²) in [5.74, 6) is 0.253. The second kappa shape index (κ2) is 8.69. The van der Waals surface area contributed by atoms with Gasteiger partial charge in [0.25, 0.3) is 0 Å². The van der Waals surface area contributed by atoms with Gasteiger partial charge in [-0.1, -0.05) is 23.7 Å². The molecule has 0 saturated carbocycles. The average Bonchev–Trinajstić information content (AvgIpc) is 2.96. The smallest absolute Gasteiger partial charge is 0.222 e. The highest BCUT2D eigenvalue weighted by Crippen LogP contribution is 2.20. The molecule has 1 fully saturated rings. The molecule has 1 unspecified atom stereocenters. The summed E-state index contributed by atoms with van der Waals surface area (Å²) in [6, 6.07) is 8.21. The molecule has 0 spiro atoms. The van der Waals surface area contributed by atoms with Gasteiger partial charge in [-0.15, -0.1) is 0 Å². The minimum Gasteiger partial charge on any atom is -0.338 e. The fourth-order valence-corrected chi connectivity index (χ4v) is 3.66. The topological polar surface area (TPSA) is 41.4 Å². The lowest BCUT2D eigenvalue weighted by Gasteiger charge is -2.27. The van der Waals surface area contributed by atoms with Crippen LogP contribution in [0.15, 0.2) is 36.7 Å². The van der Waals surface area contributed by atoms with Gasteiger partial charge in [0, 0.05) is 50.4 Å². The number of carbonyl (C=O) groups excluding carboxylic acids is 1. The molecule has 140 valence electrons. The number of hydrogen-bond donors (Lipinski definition) is 0. The van der Waals surface area contributed by atoms with Gasteiger partial charge in [-0.25, -0.2) is 0 Å². The number of benzene rings is 1. The van der Waals surface area contributed by atoms with Gasteiger partial charge in [0.05, 0.1) is 6.20 Å². The molecule has 0 bridgehead atoms. The van der Waals surface area contributed by atoms with Crippen LogP contribution in [0.5, 0.6) is 0 Å². The van der Waals surface area contributed by atoms with Gasteiger partial charge in [0.1, 0.15) is 0 Å². The molecular weight excluding hydrogens is 348 g/mol. The minimum atomic E-state index is 0.253. The van der Waals surface area contributed by atoms with E-state index in [4.69, 9.17) is 11.6 Å². The van der Waals surface area contributed by atoms with Crippen molar-refractivity contribution in [3.63, 3.8) is 0 Å². The van der Waals surface area contributed by atoms with Crippen LogP contribution in [0.25, 0.3) is 0 Å². The lowest BCUT2D eigenvalue weighted by molar-refractivity contribution is -0.131. The molecule has 0 radical (unpaired) electrons. The number of carbonyl (C=O) groups is 1. The Bertz CT molecular complexity index is 728. The van der Waals surface area contributed by atoms with Crippen LogP contribution in [0.3, 0.4) is 0 Å². The van der Waals surface area contributed by atoms with Crippen molar-refractivity contribution in [1.82, 2.24) is 19.6 Å². The molecule has 3 rings (SSSR count). The zero-order valence-corrected chi connectivity index (χ0v) is 16.3. The van der Waals surface area contributed by atoms with E-state index in [9.17, 15) is 4.79 Å². The summed E-state index contributed by atoms with van der Waals surface area (Å²) < 4.78 is 1.84. The van der Waals surface area contributed by atoms with Gasteiger partial charge >= 0.3 is 0 Å². The number of aromatic nitrogens is 2. The number of rotatable bonds is 6. The second-order valence-corrected chi connectivity index (χ2v) is 7.61. The Morgan fingerprint density at radius 1 is 1.23 bits per heavy atom. The summed E-state index contributed by atoms with van der Waals surface area (Å²) in [6.45, 7) is 2.47. The number of aryl methyl sites for hydroxylation is 1. The van der Waals surface area contributed by atoms with E-state index >= 15 is 0 Å². The molecule has 2 aromatic rings. The zero-order chi connectivity index (χ0) is 18.5. The molecule has 1 aromatic heterocycles. The number of likely N-dealkylation sites (N-methyl/N-ethyl adjacent to an activating group) is 1. The first kappa shape index (κ1) is 18.9. The maximum atomic E-state index is 12.5. The molecule has 2 heterocycles. The van der Waals surface area contributed by atoms with Crippen LogP contribution < -0.4 is 0 Å². The van der Waals surface area contributed by atoms with Crippen LogP contribution in [0, 0.1) is 0 Å². The number of nitrogens with zero attached hydrogens (tertiary/aromatic N) is 4. The number of likely N-dealkylation sites (tertiary alicyclic amines) is 1. The number of hydrogen-bond acceptors (Lipinski definition) is 3. The predicted molar refractivity (Wildman–Crippen MR) is 104 cm³/mol. The molecule has 1 atom stereocenters. The Balaban J connectivity index is 1.52. The third-order valence-corrected chi connectivity index (χ3v) is 5.45. The van der Waals surface area contributed by atoms with E-state index in [1.54, 1.807) is 0 Å². The zero-order valence-electron chi connectivity index (χ0n) is 15.6. The molecule has 6 heteroatoms. The van der Waals surface area contributed by atoms with E-state index in [1.165, 1.54) is 5.56 Å². The molecule has 1 aliphatic rings. The second-order valence-electron chi connectivity index (χ2n) is 7.18. The van der Waals surface area contributed by atoms with Crippen molar-refractivity contribution in [2.45, 2.75) is 38.3 Å². The van der Waals surface area contributed by atoms with Crippen molar-refractivity contribution in [3.05, 3.63) is 52.8 Å². The Morgan fingerprint density at radius 3 is 2.69 bits per heavy atom. The van der Waals surface area contributed by atoms with E-state index < -0.39 is 0 Å². The average molecular weight is 375 g/mol. The van der Waals surface area contributed by atoms with Crippen molar-refractivity contribution in [1.29, 1.82) is 0 Å². The number of amides is 1. The summed E-state index contributed by atoms with van der Waals surface area (Å²) in [5.41, 5.74) is 2.39. The Kier molecular flexibility index (Phi) is 6.33. The monoisotopic (exact) mass is 374 g/mol. The third kappa shape index (κ3) is 5.08. The lowest BCUT2D eigenvalue weighted by Crippen LogP contribution is -2.34. The highest BCUT2D eigenvalue weighted by Gasteiger charge is 2.24.